The van der Waals surface area contributed by atoms with Crippen molar-refractivity contribution in [2.45, 2.75) is 58.9 Å². The van der Waals surface area contributed by atoms with Gasteiger partial charge in [-0.2, -0.15) is 0 Å². The van der Waals surface area contributed by atoms with Gasteiger partial charge in [0.2, 0.25) is 0 Å². The van der Waals surface area contributed by atoms with Crippen molar-refractivity contribution >= 4 is 12.0 Å². The van der Waals surface area contributed by atoms with Gasteiger partial charge in [0.05, 0.1) is 18.4 Å². The van der Waals surface area contributed by atoms with Crippen LogP contribution < -0.4 is 5.32 Å². The molecule has 2 amide bonds. The van der Waals surface area contributed by atoms with Crippen LogP contribution in [0, 0.1) is 5.92 Å². The highest BCUT2D eigenvalue weighted by Crippen LogP contribution is 2.35. The Labute approximate surface area is 182 Å². The second kappa shape index (κ2) is 8.67. The van der Waals surface area contributed by atoms with E-state index in [1.165, 1.54) is 5.56 Å². The van der Waals surface area contributed by atoms with Crippen LogP contribution in [0.3, 0.4) is 0 Å². The van der Waals surface area contributed by atoms with Crippen LogP contribution in [0.2, 0.25) is 0 Å². The molecule has 2 N–H and O–H groups in total. The standard InChI is InChI=1S/C24H29N3O4/c1-14(2)21(23(28)29)26-24(30)27-10-9-20-18(12-27)19-13-31-15(3)11-17(19)22(25-20)16-7-5-4-6-8-16/h4-8,14-15,21H,9-13H2,1-3H3,(H,26,30)(H,28,29). The summed E-state index contributed by atoms with van der Waals surface area (Å²) < 4.78 is 5.96. The Morgan fingerprint density at radius 3 is 2.61 bits per heavy atom. The van der Waals surface area contributed by atoms with Gasteiger partial charge in [0.1, 0.15) is 6.04 Å². The van der Waals surface area contributed by atoms with E-state index < -0.39 is 12.0 Å². The number of aliphatic carboxylic acids is 1. The SMILES string of the molecule is CC1Cc2c(-c3ccccc3)nc3c(c2CO1)CN(C(=O)NC(C(=O)O)C(C)C)CC3. The molecular formula is C24H29N3O4. The third kappa shape index (κ3) is 4.28. The number of nitrogens with zero attached hydrogens (tertiary/aromatic N) is 2. The molecule has 2 aromatic rings. The van der Waals surface area contributed by atoms with E-state index in [-0.39, 0.29) is 18.1 Å². The molecule has 0 saturated carbocycles. The third-order valence-corrected chi connectivity index (χ3v) is 6.13. The number of amides is 2. The summed E-state index contributed by atoms with van der Waals surface area (Å²) in [6.07, 6.45) is 1.52. The summed E-state index contributed by atoms with van der Waals surface area (Å²) in [6, 6.07) is 8.93. The van der Waals surface area contributed by atoms with Crippen LogP contribution in [-0.2, 0) is 35.5 Å². The Morgan fingerprint density at radius 1 is 1.19 bits per heavy atom. The van der Waals surface area contributed by atoms with Gasteiger partial charge in [0.25, 0.3) is 0 Å². The van der Waals surface area contributed by atoms with Crippen molar-refractivity contribution in [3.63, 3.8) is 0 Å². The molecule has 7 nitrogen and oxygen atoms in total. The number of carbonyl (C=O) groups excluding carboxylic acids is 1. The van der Waals surface area contributed by atoms with Crippen LogP contribution in [0.5, 0.6) is 0 Å². The number of ether oxygens (including phenoxy) is 1. The molecule has 2 aliphatic rings. The van der Waals surface area contributed by atoms with Gasteiger partial charge in [-0.05, 0) is 29.5 Å². The number of hydrogen-bond acceptors (Lipinski definition) is 4. The van der Waals surface area contributed by atoms with E-state index in [0.29, 0.717) is 26.1 Å². The zero-order valence-electron chi connectivity index (χ0n) is 18.2. The highest BCUT2D eigenvalue weighted by Gasteiger charge is 2.32. The summed E-state index contributed by atoms with van der Waals surface area (Å²) in [7, 11) is 0. The van der Waals surface area contributed by atoms with Gasteiger partial charge in [-0.1, -0.05) is 44.2 Å². The van der Waals surface area contributed by atoms with E-state index in [1.807, 2.05) is 18.2 Å². The molecule has 1 aromatic carbocycles. The van der Waals surface area contributed by atoms with Crippen molar-refractivity contribution in [1.29, 1.82) is 0 Å². The molecule has 0 bridgehead atoms. The molecule has 1 aromatic heterocycles. The smallest absolute Gasteiger partial charge is 0.326 e. The summed E-state index contributed by atoms with van der Waals surface area (Å²) in [4.78, 5) is 31.0. The third-order valence-electron chi connectivity index (χ3n) is 6.13. The lowest BCUT2D eigenvalue weighted by atomic mass is 9.88. The summed E-state index contributed by atoms with van der Waals surface area (Å²) in [5, 5.41) is 12.1. The molecule has 0 aliphatic carbocycles. The number of fused-ring (bicyclic) bond motifs is 3. The number of nitrogens with one attached hydrogen (secondary N) is 1. The van der Waals surface area contributed by atoms with Gasteiger partial charge < -0.3 is 20.1 Å². The van der Waals surface area contributed by atoms with Crippen LogP contribution in [0.4, 0.5) is 4.79 Å². The maximum Gasteiger partial charge on any atom is 0.326 e. The lowest BCUT2D eigenvalue weighted by molar-refractivity contribution is -0.140. The fourth-order valence-corrected chi connectivity index (χ4v) is 4.39. The first-order chi connectivity index (χ1) is 14.8. The first kappa shape index (κ1) is 21.3. The number of aromatic nitrogens is 1. The minimum absolute atomic E-state index is 0.111. The maximum absolute atomic E-state index is 12.8. The predicted molar refractivity (Wildman–Crippen MR) is 117 cm³/mol. The summed E-state index contributed by atoms with van der Waals surface area (Å²) in [6.45, 7) is 7.05. The molecule has 31 heavy (non-hydrogen) atoms. The summed E-state index contributed by atoms with van der Waals surface area (Å²) in [5.74, 6) is -1.22. The van der Waals surface area contributed by atoms with E-state index in [1.54, 1.807) is 18.7 Å². The van der Waals surface area contributed by atoms with Crippen molar-refractivity contribution in [3.05, 3.63) is 52.7 Å². The molecule has 2 atom stereocenters. The molecule has 2 aliphatic heterocycles. The van der Waals surface area contributed by atoms with Gasteiger partial charge in [-0.3, -0.25) is 4.98 Å². The molecule has 164 valence electrons. The molecule has 3 heterocycles. The van der Waals surface area contributed by atoms with Crippen LogP contribution in [0.25, 0.3) is 11.3 Å². The van der Waals surface area contributed by atoms with E-state index >= 15 is 0 Å². The minimum Gasteiger partial charge on any atom is -0.480 e. The minimum atomic E-state index is -1.02. The largest absolute Gasteiger partial charge is 0.480 e. The molecule has 0 spiro atoms. The van der Waals surface area contributed by atoms with Crippen LogP contribution in [0.15, 0.2) is 30.3 Å². The van der Waals surface area contributed by atoms with Crippen molar-refractivity contribution in [3.8, 4) is 11.3 Å². The van der Waals surface area contributed by atoms with Gasteiger partial charge in [0, 0.05) is 37.2 Å². The zero-order chi connectivity index (χ0) is 22.1. The average Bonchev–Trinajstić information content (AvgIpc) is 2.76. The normalized spacial score (nSPS) is 18.8. The Kier molecular flexibility index (Phi) is 5.96. The van der Waals surface area contributed by atoms with E-state index in [2.05, 4.69) is 24.4 Å². The average molecular weight is 424 g/mol. The first-order valence-corrected chi connectivity index (χ1v) is 10.8. The van der Waals surface area contributed by atoms with Crippen molar-refractivity contribution in [2.24, 2.45) is 5.92 Å². The predicted octanol–water partition coefficient (Wildman–Crippen LogP) is 3.39. The fraction of sp³-hybridized carbons (Fsp3) is 0.458. The van der Waals surface area contributed by atoms with Gasteiger partial charge >= 0.3 is 12.0 Å². The fourth-order valence-electron chi connectivity index (χ4n) is 4.39. The number of carboxylic acids is 1. The number of rotatable bonds is 4. The quantitative estimate of drug-likeness (QED) is 0.787. The molecular weight excluding hydrogens is 394 g/mol. The van der Waals surface area contributed by atoms with Crippen LogP contribution in [0.1, 0.15) is 43.2 Å². The molecule has 7 heteroatoms. The number of carbonyl (C=O) groups is 2. The number of pyridine rings is 1. The molecule has 4 rings (SSSR count). The van der Waals surface area contributed by atoms with Crippen LogP contribution in [-0.4, -0.2) is 45.7 Å². The van der Waals surface area contributed by atoms with Gasteiger partial charge in [0.15, 0.2) is 0 Å². The summed E-state index contributed by atoms with van der Waals surface area (Å²) in [5.41, 5.74) is 6.46. The monoisotopic (exact) mass is 423 g/mol. The van der Waals surface area contributed by atoms with Crippen molar-refractivity contribution < 1.29 is 19.4 Å². The van der Waals surface area contributed by atoms with Crippen molar-refractivity contribution in [1.82, 2.24) is 15.2 Å². The lowest BCUT2D eigenvalue weighted by Gasteiger charge is -2.34. The molecule has 0 radical (unpaired) electrons. The second-order valence-corrected chi connectivity index (χ2v) is 8.72. The Morgan fingerprint density at radius 2 is 1.94 bits per heavy atom. The summed E-state index contributed by atoms with van der Waals surface area (Å²) >= 11 is 0. The molecule has 0 saturated heterocycles. The molecule has 2 unspecified atom stereocenters. The maximum atomic E-state index is 12.8. The van der Waals surface area contributed by atoms with E-state index in [0.717, 1.165) is 34.5 Å². The second-order valence-electron chi connectivity index (χ2n) is 8.72. The van der Waals surface area contributed by atoms with E-state index in [9.17, 15) is 14.7 Å². The lowest BCUT2D eigenvalue weighted by Crippen LogP contribution is -2.51. The van der Waals surface area contributed by atoms with Crippen molar-refractivity contribution in [2.75, 3.05) is 6.54 Å². The topological polar surface area (TPSA) is 91.8 Å². The zero-order valence-corrected chi connectivity index (χ0v) is 18.2. The highest BCUT2D eigenvalue weighted by molar-refractivity contribution is 5.83. The molecule has 0 fully saturated rings. The van der Waals surface area contributed by atoms with Gasteiger partial charge in [-0.15, -0.1) is 0 Å². The highest BCUT2D eigenvalue weighted by atomic mass is 16.5. The van der Waals surface area contributed by atoms with Gasteiger partial charge in [-0.25, -0.2) is 9.59 Å². The van der Waals surface area contributed by atoms with E-state index in [4.69, 9.17) is 9.72 Å². The number of hydrogen-bond donors (Lipinski definition) is 2. The number of carboxylic acid groups (broad SMARTS) is 1. The Bertz CT molecular complexity index is 990. The van der Waals surface area contributed by atoms with Crippen LogP contribution >= 0.6 is 0 Å². The number of benzene rings is 1. The number of urea groups is 1. The Hall–Kier alpha value is -2.93. The first-order valence-electron chi connectivity index (χ1n) is 10.8. The Balaban J connectivity index is 1.66.